The highest BCUT2D eigenvalue weighted by Crippen LogP contribution is 2.30. The molecule has 3 unspecified atom stereocenters. The summed E-state index contributed by atoms with van der Waals surface area (Å²) in [6, 6.07) is 7.58. The predicted molar refractivity (Wildman–Crippen MR) is 89.1 cm³/mol. The first-order chi connectivity index (χ1) is 12.2. The summed E-state index contributed by atoms with van der Waals surface area (Å²) in [7, 11) is -3.99. The van der Waals surface area contributed by atoms with Gasteiger partial charge in [0.25, 0.3) is 5.91 Å². The third kappa shape index (κ3) is 3.44. The number of hydrogen-bond donors (Lipinski definition) is 3. The number of sulfonamides is 1. The van der Waals surface area contributed by atoms with Gasteiger partial charge in [-0.3, -0.25) is 14.9 Å². The number of carbonyl (C=O) groups excluding carboxylic acids is 1. The second-order valence-electron chi connectivity index (χ2n) is 6.37. The van der Waals surface area contributed by atoms with Gasteiger partial charge in [-0.1, -0.05) is 18.2 Å². The first-order valence-electron chi connectivity index (χ1n) is 8.14. The molecule has 2 fully saturated rings. The Balaban J connectivity index is 1.93. The second kappa shape index (κ2) is 6.93. The SMILES string of the molecule is O=C(O)C1CNCN2C(=O)CCC(NS(=O)(=O)c3ccccc3)[N+]2([O-])C1. The van der Waals surface area contributed by atoms with Gasteiger partial charge < -0.3 is 10.3 Å². The van der Waals surface area contributed by atoms with Crippen LogP contribution in [0.5, 0.6) is 0 Å². The molecular weight excluding hydrogens is 364 g/mol. The highest BCUT2D eigenvalue weighted by atomic mass is 32.2. The Morgan fingerprint density at radius 1 is 1.35 bits per heavy atom. The molecule has 2 aliphatic heterocycles. The molecule has 26 heavy (non-hydrogen) atoms. The lowest BCUT2D eigenvalue weighted by atomic mass is 10.1. The molecule has 0 spiro atoms. The highest BCUT2D eigenvalue weighted by Gasteiger charge is 2.48. The maximum absolute atomic E-state index is 13.5. The quantitative estimate of drug-likeness (QED) is 0.465. The maximum Gasteiger partial charge on any atom is 0.313 e. The minimum atomic E-state index is -3.99. The van der Waals surface area contributed by atoms with E-state index in [2.05, 4.69) is 10.0 Å². The van der Waals surface area contributed by atoms with E-state index in [0.29, 0.717) is 0 Å². The number of fused-ring (bicyclic) bond motifs is 1. The van der Waals surface area contributed by atoms with E-state index in [1.165, 1.54) is 12.1 Å². The average Bonchev–Trinajstić information content (AvgIpc) is 2.79. The lowest BCUT2D eigenvalue weighted by molar-refractivity contribution is -1.01. The Bertz CT molecular complexity index is 802. The molecule has 11 heteroatoms. The van der Waals surface area contributed by atoms with Crippen LogP contribution in [0.4, 0.5) is 0 Å². The van der Waals surface area contributed by atoms with E-state index in [1.807, 2.05) is 0 Å². The molecule has 1 aromatic rings. The van der Waals surface area contributed by atoms with Crippen molar-refractivity contribution >= 4 is 21.9 Å². The number of nitrogens with zero attached hydrogens (tertiary/aromatic N) is 2. The number of carbonyl (C=O) groups is 2. The topological polar surface area (TPSA) is 139 Å². The zero-order chi connectivity index (χ0) is 18.9. The van der Waals surface area contributed by atoms with Gasteiger partial charge in [0.2, 0.25) is 10.0 Å². The fraction of sp³-hybridized carbons (Fsp3) is 0.467. The van der Waals surface area contributed by atoms with Crippen LogP contribution >= 0.6 is 0 Å². The second-order valence-corrected chi connectivity index (χ2v) is 8.08. The van der Waals surface area contributed by atoms with Gasteiger partial charge in [0.15, 0.2) is 6.17 Å². The molecule has 3 rings (SSSR count). The third-order valence-electron chi connectivity index (χ3n) is 4.64. The van der Waals surface area contributed by atoms with E-state index in [9.17, 15) is 28.3 Å². The molecule has 3 N–H and O–H groups in total. The van der Waals surface area contributed by atoms with Crippen LogP contribution in [0.3, 0.4) is 0 Å². The Morgan fingerprint density at radius 2 is 2.04 bits per heavy atom. The molecule has 0 aromatic heterocycles. The first-order valence-corrected chi connectivity index (χ1v) is 9.63. The van der Waals surface area contributed by atoms with Gasteiger partial charge >= 0.3 is 5.97 Å². The number of carboxylic acid groups (broad SMARTS) is 1. The number of hydrogen-bond acceptors (Lipinski definition) is 6. The van der Waals surface area contributed by atoms with Gasteiger partial charge in [-0.25, -0.2) is 13.2 Å². The summed E-state index contributed by atoms with van der Waals surface area (Å²) >= 11 is 0. The summed E-state index contributed by atoms with van der Waals surface area (Å²) in [6.07, 6.45) is -1.18. The van der Waals surface area contributed by atoms with Crippen molar-refractivity contribution in [1.29, 1.82) is 0 Å². The lowest BCUT2D eigenvalue weighted by Gasteiger charge is -2.54. The van der Waals surface area contributed by atoms with Crippen LogP contribution in [-0.2, 0) is 19.6 Å². The number of nitrogens with one attached hydrogen (secondary N) is 2. The molecule has 0 bridgehead atoms. The van der Waals surface area contributed by atoms with Crippen molar-refractivity contribution in [2.45, 2.75) is 23.9 Å². The number of hydroxylamine groups is 2. The van der Waals surface area contributed by atoms with Crippen LogP contribution in [0.25, 0.3) is 0 Å². The van der Waals surface area contributed by atoms with Crippen molar-refractivity contribution in [1.82, 2.24) is 15.0 Å². The molecule has 2 aliphatic rings. The molecular formula is C15H20N4O6S. The molecule has 2 saturated heterocycles. The number of benzene rings is 1. The van der Waals surface area contributed by atoms with Crippen LogP contribution in [0, 0.1) is 11.1 Å². The number of amides is 1. The Hall–Kier alpha value is -2.05. The molecule has 0 aliphatic carbocycles. The number of quaternary nitrogens is 1. The van der Waals surface area contributed by atoms with Crippen LogP contribution in [0.2, 0.25) is 0 Å². The van der Waals surface area contributed by atoms with Gasteiger partial charge in [-0.15, -0.1) is 0 Å². The molecule has 2 heterocycles. The van der Waals surface area contributed by atoms with Crippen molar-refractivity contribution in [2.24, 2.45) is 5.92 Å². The van der Waals surface area contributed by atoms with Crippen molar-refractivity contribution in [3.8, 4) is 0 Å². The van der Waals surface area contributed by atoms with Crippen LogP contribution < -0.4 is 10.0 Å². The van der Waals surface area contributed by atoms with Gasteiger partial charge in [-0.05, 0) is 12.1 Å². The van der Waals surface area contributed by atoms with E-state index in [1.54, 1.807) is 18.2 Å². The highest BCUT2D eigenvalue weighted by molar-refractivity contribution is 7.89. The number of carboxylic acids is 1. The van der Waals surface area contributed by atoms with Gasteiger partial charge in [0, 0.05) is 19.4 Å². The molecule has 0 radical (unpaired) electrons. The third-order valence-corrected chi connectivity index (χ3v) is 6.12. The van der Waals surface area contributed by atoms with Crippen molar-refractivity contribution < 1.29 is 27.9 Å². The molecule has 0 saturated carbocycles. The summed E-state index contributed by atoms with van der Waals surface area (Å²) in [5, 5.41) is 26.5. The summed E-state index contributed by atoms with van der Waals surface area (Å²) in [4.78, 5) is 23.6. The molecule has 142 valence electrons. The fourth-order valence-corrected chi connectivity index (χ4v) is 4.55. The predicted octanol–water partition coefficient (Wildman–Crippen LogP) is -0.595. The van der Waals surface area contributed by atoms with Crippen molar-refractivity contribution in [3.05, 3.63) is 35.5 Å². The molecule has 3 atom stereocenters. The van der Waals surface area contributed by atoms with Crippen molar-refractivity contribution in [2.75, 3.05) is 19.8 Å². The minimum absolute atomic E-state index is 0.00205. The largest absolute Gasteiger partial charge is 0.605 e. The van der Waals surface area contributed by atoms with E-state index in [0.717, 1.165) is 5.01 Å². The first kappa shape index (κ1) is 18.7. The van der Waals surface area contributed by atoms with E-state index in [4.69, 9.17) is 0 Å². The monoisotopic (exact) mass is 384 g/mol. The van der Waals surface area contributed by atoms with E-state index in [-0.39, 0.29) is 31.0 Å². The summed E-state index contributed by atoms with van der Waals surface area (Å²) < 4.78 is 26.2. The summed E-state index contributed by atoms with van der Waals surface area (Å²) in [5.74, 6) is -2.64. The smallest absolute Gasteiger partial charge is 0.313 e. The van der Waals surface area contributed by atoms with Crippen LogP contribution in [0.15, 0.2) is 35.2 Å². The van der Waals surface area contributed by atoms with Gasteiger partial charge in [-0.2, -0.15) is 9.73 Å². The number of rotatable bonds is 4. The molecule has 1 aromatic carbocycles. The fourth-order valence-electron chi connectivity index (χ4n) is 3.26. The minimum Gasteiger partial charge on any atom is -0.605 e. The summed E-state index contributed by atoms with van der Waals surface area (Å²) in [5.41, 5.74) is 0. The number of aliphatic carboxylic acids is 1. The van der Waals surface area contributed by atoms with Crippen LogP contribution in [-0.4, -0.2) is 61.1 Å². The van der Waals surface area contributed by atoms with E-state index >= 15 is 0 Å². The van der Waals surface area contributed by atoms with Gasteiger partial charge in [0.1, 0.15) is 19.1 Å². The normalized spacial score (nSPS) is 29.7. The standard InChI is InChI=1S/C15H20N4O6S/c20-14-7-6-13(17-26(24,25)12-4-2-1-3-5-12)19(23)9-11(15(21)22)8-16-10-18(14)19/h1-5,11,13,16-17H,6-10H2,(H,21,22). The van der Waals surface area contributed by atoms with Crippen LogP contribution in [0.1, 0.15) is 12.8 Å². The summed E-state index contributed by atoms with van der Waals surface area (Å²) in [6.45, 7) is -0.536. The Morgan fingerprint density at radius 3 is 2.69 bits per heavy atom. The Labute approximate surface area is 150 Å². The molecule has 10 nitrogen and oxygen atoms in total. The van der Waals surface area contributed by atoms with Gasteiger partial charge in [0.05, 0.1) is 4.90 Å². The zero-order valence-corrected chi connectivity index (χ0v) is 14.7. The zero-order valence-electron chi connectivity index (χ0n) is 13.9. The average molecular weight is 384 g/mol. The lowest BCUT2D eigenvalue weighted by Crippen LogP contribution is -2.71. The Kier molecular flexibility index (Phi) is 4.99. The van der Waals surface area contributed by atoms with Crippen molar-refractivity contribution in [3.63, 3.8) is 0 Å². The maximum atomic E-state index is 13.5. The molecule has 1 amide bonds. The van der Waals surface area contributed by atoms with E-state index < -0.39 is 45.3 Å².